The molecule has 2 N–H and O–H groups in total. The Kier molecular flexibility index (Phi) is 4.96. The summed E-state index contributed by atoms with van der Waals surface area (Å²) in [5, 5.41) is 0. The third-order valence-corrected chi connectivity index (χ3v) is 4.50. The van der Waals surface area contributed by atoms with Crippen molar-refractivity contribution in [1.82, 2.24) is 4.31 Å². The summed E-state index contributed by atoms with van der Waals surface area (Å²) in [4.78, 5) is 0. The van der Waals surface area contributed by atoms with Gasteiger partial charge in [-0.3, -0.25) is 0 Å². The molecule has 5 heteroatoms. The fraction of sp³-hybridized carbons (Fsp3) is 0.500. The van der Waals surface area contributed by atoms with Crippen LogP contribution in [-0.2, 0) is 16.6 Å². The van der Waals surface area contributed by atoms with Crippen LogP contribution in [0.15, 0.2) is 24.3 Å². The minimum absolute atomic E-state index is 0.217. The summed E-state index contributed by atoms with van der Waals surface area (Å²) < 4.78 is 25.1. The molecule has 1 aromatic rings. The number of rotatable bonds is 6. The van der Waals surface area contributed by atoms with Gasteiger partial charge in [-0.1, -0.05) is 25.5 Å². The predicted molar refractivity (Wildman–Crippen MR) is 71.0 cm³/mol. The van der Waals surface area contributed by atoms with Crippen LogP contribution in [0.25, 0.3) is 0 Å². The molecule has 0 saturated heterocycles. The molecular weight excluding hydrogens is 236 g/mol. The molecule has 0 atom stereocenters. The first-order chi connectivity index (χ1) is 7.95. The van der Waals surface area contributed by atoms with Crippen LogP contribution in [0.5, 0.6) is 0 Å². The molecule has 0 aliphatic rings. The Morgan fingerprint density at radius 2 is 1.82 bits per heavy atom. The molecule has 0 amide bonds. The van der Waals surface area contributed by atoms with E-state index in [1.807, 2.05) is 19.1 Å². The summed E-state index contributed by atoms with van der Waals surface area (Å²) in [5.74, 6) is 0.217. The Labute approximate surface area is 103 Å². The number of nitrogen functional groups attached to an aromatic ring is 1. The second kappa shape index (κ2) is 6.02. The van der Waals surface area contributed by atoms with E-state index in [1.165, 1.54) is 4.31 Å². The lowest BCUT2D eigenvalue weighted by Crippen LogP contribution is -2.28. The lowest BCUT2D eigenvalue weighted by Gasteiger charge is -2.17. The van der Waals surface area contributed by atoms with Gasteiger partial charge in [-0.15, -0.1) is 0 Å². The fourth-order valence-corrected chi connectivity index (χ4v) is 2.77. The maximum Gasteiger partial charge on any atom is 0.214 e. The maximum absolute atomic E-state index is 11.9. The molecule has 0 spiro atoms. The van der Waals surface area contributed by atoms with Gasteiger partial charge < -0.3 is 5.73 Å². The van der Waals surface area contributed by atoms with Gasteiger partial charge in [-0.2, -0.15) is 0 Å². The highest BCUT2D eigenvalue weighted by atomic mass is 32.2. The Hall–Kier alpha value is -1.07. The van der Waals surface area contributed by atoms with Crippen LogP contribution in [0, 0.1) is 0 Å². The Morgan fingerprint density at radius 1 is 1.24 bits per heavy atom. The van der Waals surface area contributed by atoms with Crippen LogP contribution in [-0.4, -0.2) is 25.5 Å². The minimum atomic E-state index is -3.13. The van der Waals surface area contributed by atoms with Gasteiger partial charge in [0.05, 0.1) is 5.75 Å². The van der Waals surface area contributed by atoms with E-state index < -0.39 is 10.0 Å². The predicted octanol–water partition coefficient (Wildman–Crippen LogP) is 1.83. The van der Waals surface area contributed by atoms with Crippen LogP contribution in [0.2, 0.25) is 0 Å². The molecule has 0 aliphatic heterocycles. The number of sulfonamides is 1. The topological polar surface area (TPSA) is 63.4 Å². The molecule has 1 aromatic carbocycles. The largest absolute Gasteiger partial charge is 0.399 e. The molecule has 0 saturated carbocycles. The Bertz CT molecular complexity index is 440. The van der Waals surface area contributed by atoms with Gasteiger partial charge in [-0.25, -0.2) is 12.7 Å². The number of anilines is 1. The second-order valence-electron chi connectivity index (χ2n) is 4.17. The van der Waals surface area contributed by atoms with Crippen LogP contribution >= 0.6 is 0 Å². The zero-order valence-electron chi connectivity index (χ0n) is 10.4. The number of unbranched alkanes of at least 4 members (excludes halogenated alkanes) is 1. The third kappa shape index (κ3) is 4.36. The summed E-state index contributed by atoms with van der Waals surface area (Å²) >= 11 is 0. The average molecular weight is 256 g/mol. The van der Waals surface area contributed by atoms with E-state index >= 15 is 0 Å². The SMILES string of the molecule is CCCCS(=O)(=O)N(C)Cc1ccc(N)cc1. The third-order valence-electron chi connectivity index (χ3n) is 2.62. The molecule has 0 heterocycles. The van der Waals surface area contributed by atoms with Gasteiger partial charge in [0.15, 0.2) is 0 Å². The van der Waals surface area contributed by atoms with Crippen LogP contribution < -0.4 is 5.73 Å². The van der Waals surface area contributed by atoms with Gasteiger partial charge in [-0.05, 0) is 24.1 Å². The summed E-state index contributed by atoms with van der Waals surface area (Å²) in [6, 6.07) is 7.26. The standard InChI is InChI=1S/C12H20N2O2S/c1-3-4-9-17(15,16)14(2)10-11-5-7-12(13)8-6-11/h5-8H,3-4,9-10,13H2,1-2H3. The average Bonchev–Trinajstić information content (AvgIpc) is 2.29. The van der Waals surface area contributed by atoms with E-state index in [-0.39, 0.29) is 5.75 Å². The molecule has 0 unspecified atom stereocenters. The van der Waals surface area contributed by atoms with Crippen LogP contribution in [0.3, 0.4) is 0 Å². The zero-order chi connectivity index (χ0) is 12.9. The van der Waals surface area contributed by atoms with E-state index in [4.69, 9.17) is 5.73 Å². The number of nitrogens with zero attached hydrogens (tertiary/aromatic N) is 1. The molecule has 0 aromatic heterocycles. The van der Waals surface area contributed by atoms with Gasteiger partial charge in [0.1, 0.15) is 0 Å². The van der Waals surface area contributed by atoms with Gasteiger partial charge in [0, 0.05) is 19.3 Å². The van der Waals surface area contributed by atoms with Crippen LogP contribution in [0.1, 0.15) is 25.3 Å². The summed E-state index contributed by atoms with van der Waals surface area (Å²) in [6.07, 6.45) is 1.59. The molecule has 0 aliphatic carbocycles. The van der Waals surface area contributed by atoms with E-state index in [1.54, 1.807) is 19.2 Å². The Morgan fingerprint density at radius 3 is 2.35 bits per heavy atom. The molecule has 0 radical (unpaired) electrons. The molecular formula is C12H20N2O2S. The van der Waals surface area contributed by atoms with E-state index in [0.29, 0.717) is 18.7 Å². The fourth-order valence-electron chi connectivity index (χ4n) is 1.46. The lowest BCUT2D eigenvalue weighted by molar-refractivity contribution is 0.465. The Balaban J connectivity index is 2.65. The smallest absolute Gasteiger partial charge is 0.214 e. The highest BCUT2D eigenvalue weighted by Gasteiger charge is 2.16. The minimum Gasteiger partial charge on any atom is -0.399 e. The van der Waals surface area contributed by atoms with Gasteiger partial charge >= 0.3 is 0 Å². The van der Waals surface area contributed by atoms with Crippen LogP contribution in [0.4, 0.5) is 5.69 Å². The number of nitrogens with two attached hydrogens (primary N) is 1. The first-order valence-corrected chi connectivity index (χ1v) is 7.35. The normalized spacial score (nSPS) is 11.9. The van der Waals surface area contributed by atoms with Crippen molar-refractivity contribution in [1.29, 1.82) is 0 Å². The van der Waals surface area contributed by atoms with Gasteiger partial charge in [0.25, 0.3) is 0 Å². The maximum atomic E-state index is 11.9. The van der Waals surface area contributed by atoms with Crippen molar-refractivity contribution in [2.45, 2.75) is 26.3 Å². The molecule has 0 fully saturated rings. The van der Waals surface area contributed by atoms with Crippen molar-refractivity contribution in [3.63, 3.8) is 0 Å². The second-order valence-corrected chi connectivity index (χ2v) is 6.36. The lowest BCUT2D eigenvalue weighted by atomic mass is 10.2. The van der Waals surface area contributed by atoms with E-state index in [0.717, 1.165) is 12.0 Å². The van der Waals surface area contributed by atoms with E-state index in [2.05, 4.69) is 0 Å². The van der Waals surface area contributed by atoms with Crippen molar-refractivity contribution in [3.05, 3.63) is 29.8 Å². The van der Waals surface area contributed by atoms with Crippen molar-refractivity contribution < 1.29 is 8.42 Å². The quantitative estimate of drug-likeness (QED) is 0.790. The number of hydrogen-bond donors (Lipinski definition) is 1. The molecule has 96 valence electrons. The summed E-state index contributed by atoms with van der Waals surface area (Å²) in [5.41, 5.74) is 7.21. The molecule has 17 heavy (non-hydrogen) atoms. The van der Waals surface area contributed by atoms with Crippen molar-refractivity contribution >= 4 is 15.7 Å². The molecule has 0 bridgehead atoms. The highest BCUT2D eigenvalue weighted by Crippen LogP contribution is 2.11. The van der Waals surface area contributed by atoms with Gasteiger partial charge in [0.2, 0.25) is 10.0 Å². The summed E-state index contributed by atoms with van der Waals surface area (Å²) in [6.45, 7) is 2.38. The highest BCUT2D eigenvalue weighted by molar-refractivity contribution is 7.89. The van der Waals surface area contributed by atoms with Crippen molar-refractivity contribution in [2.75, 3.05) is 18.5 Å². The molecule has 1 rings (SSSR count). The summed E-state index contributed by atoms with van der Waals surface area (Å²) in [7, 11) is -1.52. The van der Waals surface area contributed by atoms with E-state index in [9.17, 15) is 8.42 Å². The first-order valence-electron chi connectivity index (χ1n) is 5.74. The first kappa shape index (κ1) is 14.0. The monoisotopic (exact) mass is 256 g/mol. The number of hydrogen-bond acceptors (Lipinski definition) is 3. The molecule has 4 nitrogen and oxygen atoms in total. The number of benzene rings is 1. The van der Waals surface area contributed by atoms with Crippen molar-refractivity contribution in [2.24, 2.45) is 0 Å². The zero-order valence-corrected chi connectivity index (χ0v) is 11.2. The van der Waals surface area contributed by atoms with Crippen molar-refractivity contribution in [3.8, 4) is 0 Å².